The monoisotopic (exact) mass is 254 g/mol. The highest BCUT2D eigenvalue weighted by atomic mass is 19.1. The molecule has 0 saturated heterocycles. The van der Waals surface area contributed by atoms with Crippen LogP contribution in [0.3, 0.4) is 0 Å². The van der Waals surface area contributed by atoms with E-state index in [1.165, 1.54) is 18.5 Å². The first-order chi connectivity index (χ1) is 9.24. The number of aryl methyl sites for hydroxylation is 1. The summed E-state index contributed by atoms with van der Waals surface area (Å²) in [6.07, 6.45) is 5.02. The van der Waals surface area contributed by atoms with Crippen molar-refractivity contribution in [3.63, 3.8) is 0 Å². The predicted octanol–water partition coefficient (Wildman–Crippen LogP) is 2.78. The van der Waals surface area contributed by atoms with Crippen LogP contribution in [0.15, 0.2) is 49.1 Å². The quantitative estimate of drug-likeness (QED) is 0.706. The Balaban J connectivity index is 2.07. The molecule has 3 rings (SSSR count). The molecule has 0 spiro atoms. The molecule has 1 aromatic carbocycles. The first-order valence-electron chi connectivity index (χ1n) is 5.82. The second-order valence-corrected chi connectivity index (χ2v) is 4.15. The Labute approximate surface area is 109 Å². The van der Waals surface area contributed by atoms with Gasteiger partial charge in [-0.2, -0.15) is 5.10 Å². The molecule has 0 N–H and O–H groups in total. The van der Waals surface area contributed by atoms with E-state index in [4.69, 9.17) is 0 Å². The molecule has 0 unspecified atom stereocenters. The van der Waals surface area contributed by atoms with Crippen molar-refractivity contribution >= 4 is 0 Å². The molecule has 4 nitrogen and oxygen atoms in total. The normalized spacial score (nSPS) is 10.6. The zero-order valence-corrected chi connectivity index (χ0v) is 10.3. The Morgan fingerprint density at radius 1 is 1.21 bits per heavy atom. The van der Waals surface area contributed by atoms with Gasteiger partial charge < -0.3 is 0 Å². The van der Waals surface area contributed by atoms with Gasteiger partial charge in [0.2, 0.25) is 0 Å². The average molecular weight is 254 g/mol. The fourth-order valence-corrected chi connectivity index (χ4v) is 1.91. The van der Waals surface area contributed by atoms with E-state index < -0.39 is 0 Å². The van der Waals surface area contributed by atoms with Crippen molar-refractivity contribution in [2.75, 3.05) is 0 Å². The molecule has 0 aliphatic rings. The second-order valence-electron chi connectivity index (χ2n) is 4.15. The summed E-state index contributed by atoms with van der Waals surface area (Å²) in [5.74, 6) is -0.283. The van der Waals surface area contributed by atoms with Crippen molar-refractivity contribution in [1.29, 1.82) is 0 Å². The number of aromatic nitrogens is 4. The first kappa shape index (κ1) is 11.5. The lowest BCUT2D eigenvalue weighted by molar-refractivity contribution is 0.625. The van der Waals surface area contributed by atoms with Crippen LogP contribution in [0, 0.1) is 12.7 Å². The molecule has 0 aliphatic heterocycles. The predicted molar refractivity (Wildman–Crippen MR) is 69.3 cm³/mol. The largest absolute Gasteiger partial charge is 0.245 e. The maximum absolute atomic E-state index is 13.2. The van der Waals surface area contributed by atoms with E-state index in [1.54, 1.807) is 23.0 Å². The van der Waals surface area contributed by atoms with Crippen LogP contribution in [0.2, 0.25) is 0 Å². The molecule has 19 heavy (non-hydrogen) atoms. The Morgan fingerprint density at radius 2 is 2.11 bits per heavy atom. The molecular formula is C14H11FN4. The van der Waals surface area contributed by atoms with Gasteiger partial charge in [-0.15, -0.1) is 0 Å². The summed E-state index contributed by atoms with van der Waals surface area (Å²) < 4.78 is 14.9. The van der Waals surface area contributed by atoms with Crippen molar-refractivity contribution in [2.45, 2.75) is 6.92 Å². The van der Waals surface area contributed by atoms with E-state index in [1.807, 2.05) is 19.2 Å². The summed E-state index contributed by atoms with van der Waals surface area (Å²) in [6, 6.07) is 8.13. The molecule has 2 heterocycles. The van der Waals surface area contributed by atoms with Crippen LogP contribution in [-0.2, 0) is 0 Å². The van der Waals surface area contributed by atoms with Crippen molar-refractivity contribution in [2.24, 2.45) is 0 Å². The molecule has 5 heteroatoms. The highest BCUT2D eigenvalue weighted by molar-refractivity contribution is 5.61. The standard InChI is InChI=1S/C14H11FN4/c1-10-13(14-5-6-16-9-17-14)8-19(18-10)12-4-2-3-11(15)7-12/h2-9H,1H3. The second kappa shape index (κ2) is 4.61. The van der Waals surface area contributed by atoms with Gasteiger partial charge in [-0.05, 0) is 31.2 Å². The van der Waals surface area contributed by atoms with E-state index >= 15 is 0 Å². The van der Waals surface area contributed by atoms with Gasteiger partial charge in [0.25, 0.3) is 0 Å². The number of nitrogens with zero attached hydrogens (tertiary/aromatic N) is 4. The molecule has 0 saturated carbocycles. The lowest BCUT2D eigenvalue weighted by Crippen LogP contribution is -1.94. The molecule has 0 fully saturated rings. The zero-order valence-electron chi connectivity index (χ0n) is 10.3. The van der Waals surface area contributed by atoms with Crippen molar-refractivity contribution in [3.05, 3.63) is 60.6 Å². The molecule has 2 aromatic heterocycles. The summed E-state index contributed by atoms with van der Waals surface area (Å²) >= 11 is 0. The van der Waals surface area contributed by atoms with Gasteiger partial charge in [-0.1, -0.05) is 6.07 Å². The number of rotatable bonds is 2. The summed E-state index contributed by atoms with van der Waals surface area (Å²) in [5.41, 5.74) is 3.23. The third-order valence-corrected chi connectivity index (χ3v) is 2.83. The fraction of sp³-hybridized carbons (Fsp3) is 0.0714. The lowest BCUT2D eigenvalue weighted by atomic mass is 10.2. The minimum Gasteiger partial charge on any atom is -0.245 e. The van der Waals surface area contributed by atoms with Crippen LogP contribution < -0.4 is 0 Å². The van der Waals surface area contributed by atoms with E-state index in [-0.39, 0.29) is 5.82 Å². The maximum Gasteiger partial charge on any atom is 0.125 e. The van der Waals surface area contributed by atoms with Crippen LogP contribution in [-0.4, -0.2) is 19.7 Å². The zero-order chi connectivity index (χ0) is 13.2. The molecule has 0 atom stereocenters. The molecule has 0 amide bonds. The Kier molecular flexibility index (Phi) is 2.79. The van der Waals surface area contributed by atoms with Gasteiger partial charge in [0, 0.05) is 18.0 Å². The number of hydrogen-bond donors (Lipinski definition) is 0. The Morgan fingerprint density at radius 3 is 2.84 bits per heavy atom. The summed E-state index contributed by atoms with van der Waals surface area (Å²) in [7, 11) is 0. The summed E-state index contributed by atoms with van der Waals surface area (Å²) in [5, 5.41) is 4.39. The van der Waals surface area contributed by atoms with Gasteiger partial charge in [0.15, 0.2) is 0 Å². The van der Waals surface area contributed by atoms with Crippen molar-refractivity contribution < 1.29 is 4.39 Å². The van der Waals surface area contributed by atoms with Gasteiger partial charge in [0.1, 0.15) is 12.1 Å². The SMILES string of the molecule is Cc1nn(-c2cccc(F)c2)cc1-c1ccncn1. The van der Waals surface area contributed by atoms with Crippen LogP contribution in [0.5, 0.6) is 0 Å². The highest BCUT2D eigenvalue weighted by Gasteiger charge is 2.09. The van der Waals surface area contributed by atoms with Crippen LogP contribution in [0.25, 0.3) is 16.9 Å². The lowest BCUT2D eigenvalue weighted by Gasteiger charge is -2.00. The van der Waals surface area contributed by atoms with Gasteiger partial charge in [0.05, 0.1) is 17.1 Å². The van der Waals surface area contributed by atoms with E-state index in [9.17, 15) is 4.39 Å². The minimum atomic E-state index is -0.283. The molecule has 94 valence electrons. The molecule has 0 radical (unpaired) electrons. The van der Waals surface area contributed by atoms with Crippen LogP contribution in [0.1, 0.15) is 5.69 Å². The van der Waals surface area contributed by atoms with Crippen molar-refractivity contribution in [1.82, 2.24) is 19.7 Å². The molecular weight excluding hydrogens is 243 g/mol. The molecule has 0 aliphatic carbocycles. The smallest absolute Gasteiger partial charge is 0.125 e. The van der Waals surface area contributed by atoms with Gasteiger partial charge in [-0.3, -0.25) is 0 Å². The van der Waals surface area contributed by atoms with Gasteiger partial charge in [-0.25, -0.2) is 19.0 Å². The number of hydrogen-bond acceptors (Lipinski definition) is 3. The third-order valence-electron chi connectivity index (χ3n) is 2.83. The van der Waals surface area contributed by atoms with Crippen LogP contribution in [0.4, 0.5) is 4.39 Å². The third kappa shape index (κ3) is 2.22. The van der Waals surface area contributed by atoms with Crippen LogP contribution >= 0.6 is 0 Å². The average Bonchev–Trinajstić information content (AvgIpc) is 2.82. The number of benzene rings is 1. The minimum absolute atomic E-state index is 0.283. The van der Waals surface area contributed by atoms with E-state index in [2.05, 4.69) is 15.1 Å². The topological polar surface area (TPSA) is 43.6 Å². The highest BCUT2D eigenvalue weighted by Crippen LogP contribution is 2.21. The fourth-order valence-electron chi connectivity index (χ4n) is 1.91. The maximum atomic E-state index is 13.2. The van der Waals surface area contributed by atoms with E-state index in [0.717, 1.165) is 17.0 Å². The Hall–Kier alpha value is -2.56. The molecule has 0 bridgehead atoms. The summed E-state index contributed by atoms with van der Waals surface area (Å²) in [4.78, 5) is 8.09. The Bertz CT molecular complexity index is 706. The number of halogens is 1. The first-order valence-corrected chi connectivity index (χ1v) is 5.82. The summed E-state index contributed by atoms with van der Waals surface area (Å²) in [6.45, 7) is 1.90. The van der Waals surface area contributed by atoms with Crippen molar-refractivity contribution in [3.8, 4) is 16.9 Å². The van der Waals surface area contributed by atoms with E-state index in [0.29, 0.717) is 5.69 Å². The molecule has 3 aromatic rings. The van der Waals surface area contributed by atoms with Gasteiger partial charge >= 0.3 is 0 Å².